The minimum absolute atomic E-state index is 0.115. The molecule has 0 atom stereocenters. The van der Waals surface area contributed by atoms with Crippen LogP contribution in [-0.4, -0.2) is 36.0 Å². The van der Waals surface area contributed by atoms with Gasteiger partial charge >= 0.3 is 0 Å². The van der Waals surface area contributed by atoms with Crippen LogP contribution in [0.2, 0.25) is 0 Å². The van der Waals surface area contributed by atoms with E-state index in [-0.39, 0.29) is 5.91 Å². The first-order valence-corrected chi connectivity index (χ1v) is 10.1. The molecular weight excluding hydrogens is 324 g/mol. The summed E-state index contributed by atoms with van der Waals surface area (Å²) in [4.78, 5) is 15.2. The number of fused-ring (bicyclic) bond motifs is 1. The number of nitrogens with zero attached hydrogens (tertiary/aromatic N) is 1. The van der Waals surface area contributed by atoms with Gasteiger partial charge in [0.15, 0.2) is 0 Å². The van der Waals surface area contributed by atoms with E-state index in [1.807, 2.05) is 0 Å². The van der Waals surface area contributed by atoms with E-state index in [1.54, 1.807) is 6.26 Å². The highest BCUT2D eigenvalue weighted by Gasteiger charge is 2.32. The number of furan rings is 1. The van der Waals surface area contributed by atoms with Crippen molar-refractivity contribution in [2.45, 2.75) is 70.9 Å². The van der Waals surface area contributed by atoms with Crippen LogP contribution in [0.1, 0.15) is 62.1 Å². The lowest BCUT2D eigenvalue weighted by Crippen LogP contribution is -2.45. The number of rotatable bonds is 5. The predicted molar refractivity (Wildman–Crippen MR) is 105 cm³/mol. The van der Waals surface area contributed by atoms with E-state index >= 15 is 0 Å². The standard InChI is InChI=1S/C22H30N2O2/c1-14(2)19-12-20-16(13-26-21(20)10-15(19)3)11-22(25)23-17-6-8-24(9-7-17)18-4-5-18/h10,12-14,17-18H,4-9,11H2,1-3H3,(H,23,25). The van der Waals surface area contributed by atoms with Crippen molar-refractivity contribution in [3.05, 3.63) is 35.1 Å². The summed E-state index contributed by atoms with van der Waals surface area (Å²) in [5.74, 6) is 0.580. The largest absolute Gasteiger partial charge is 0.464 e. The van der Waals surface area contributed by atoms with Crippen LogP contribution in [0.15, 0.2) is 22.8 Å². The van der Waals surface area contributed by atoms with Crippen LogP contribution in [0.5, 0.6) is 0 Å². The number of carbonyl (C=O) groups excluding carboxylic acids is 1. The Hall–Kier alpha value is -1.81. The van der Waals surface area contributed by atoms with Crippen LogP contribution in [0.3, 0.4) is 0 Å². The van der Waals surface area contributed by atoms with Gasteiger partial charge in [-0.1, -0.05) is 13.8 Å². The normalized spacial score (nSPS) is 19.4. The highest BCUT2D eigenvalue weighted by atomic mass is 16.3. The van der Waals surface area contributed by atoms with E-state index in [9.17, 15) is 4.79 Å². The second-order valence-electron chi connectivity index (χ2n) is 8.41. The van der Waals surface area contributed by atoms with Gasteiger partial charge in [-0.15, -0.1) is 0 Å². The molecule has 0 radical (unpaired) electrons. The summed E-state index contributed by atoms with van der Waals surface area (Å²) in [6, 6.07) is 5.46. The average molecular weight is 354 g/mol. The summed E-state index contributed by atoms with van der Waals surface area (Å²) >= 11 is 0. The zero-order chi connectivity index (χ0) is 18.3. The Bertz CT molecular complexity index is 796. The van der Waals surface area contributed by atoms with Crippen molar-refractivity contribution in [3.8, 4) is 0 Å². The van der Waals surface area contributed by atoms with Crippen molar-refractivity contribution in [2.75, 3.05) is 13.1 Å². The molecule has 4 heteroatoms. The summed E-state index contributed by atoms with van der Waals surface area (Å²) in [7, 11) is 0. The number of hydrogen-bond acceptors (Lipinski definition) is 3. The number of likely N-dealkylation sites (tertiary alicyclic amines) is 1. The molecule has 1 aromatic carbocycles. The zero-order valence-corrected chi connectivity index (χ0v) is 16.2. The Kier molecular flexibility index (Phi) is 4.78. The fraction of sp³-hybridized carbons (Fsp3) is 0.591. The van der Waals surface area contributed by atoms with Gasteiger partial charge in [0.25, 0.3) is 0 Å². The van der Waals surface area contributed by atoms with Crippen molar-refractivity contribution in [1.29, 1.82) is 0 Å². The van der Waals surface area contributed by atoms with Crippen LogP contribution in [0.25, 0.3) is 11.0 Å². The molecule has 1 saturated carbocycles. The second-order valence-corrected chi connectivity index (χ2v) is 8.41. The number of piperidine rings is 1. The third kappa shape index (κ3) is 3.66. The molecule has 1 N–H and O–H groups in total. The fourth-order valence-corrected chi connectivity index (χ4v) is 4.30. The van der Waals surface area contributed by atoms with Crippen molar-refractivity contribution in [1.82, 2.24) is 10.2 Å². The molecule has 0 unspecified atom stereocenters. The molecule has 26 heavy (non-hydrogen) atoms. The van der Waals surface area contributed by atoms with E-state index in [0.717, 1.165) is 48.5 Å². The van der Waals surface area contributed by atoms with E-state index < -0.39 is 0 Å². The molecule has 4 rings (SSSR count). The minimum atomic E-state index is 0.115. The first-order valence-electron chi connectivity index (χ1n) is 10.1. The van der Waals surface area contributed by atoms with Gasteiger partial charge in [-0.25, -0.2) is 0 Å². The highest BCUT2D eigenvalue weighted by molar-refractivity contribution is 5.88. The van der Waals surface area contributed by atoms with Crippen LogP contribution in [-0.2, 0) is 11.2 Å². The minimum Gasteiger partial charge on any atom is -0.464 e. The van der Waals surface area contributed by atoms with Crippen molar-refractivity contribution < 1.29 is 9.21 Å². The molecule has 140 valence electrons. The first kappa shape index (κ1) is 17.6. The smallest absolute Gasteiger partial charge is 0.224 e. The summed E-state index contributed by atoms with van der Waals surface area (Å²) < 4.78 is 5.72. The van der Waals surface area contributed by atoms with E-state index in [4.69, 9.17) is 4.42 Å². The first-order chi connectivity index (χ1) is 12.5. The van der Waals surface area contributed by atoms with E-state index in [2.05, 4.69) is 43.1 Å². The van der Waals surface area contributed by atoms with Gasteiger partial charge in [0.2, 0.25) is 5.91 Å². The number of hydrogen-bond donors (Lipinski definition) is 1. The van der Waals surface area contributed by atoms with E-state index in [0.29, 0.717) is 18.4 Å². The molecule has 1 saturated heterocycles. The lowest BCUT2D eigenvalue weighted by atomic mass is 9.95. The molecule has 2 aliphatic rings. The molecule has 0 spiro atoms. The van der Waals surface area contributed by atoms with Crippen molar-refractivity contribution in [3.63, 3.8) is 0 Å². The SMILES string of the molecule is Cc1cc2occ(CC(=O)NC3CCN(C4CC4)CC3)c2cc1C(C)C. The molecule has 2 fully saturated rings. The van der Waals surface area contributed by atoms with E-state index in [1.165, 1.54) is 24.0 Å². The van der Waals surface area contributed by atoms with Crippen LogP contribution >= 0.6 is 0 Å². The lowest BCUT2D eigenvalue weighted by molar-refractivity contribution is -0.121. The monoisotopic (exact) mass is 354 g/mol. The molecule has 1 aromatic heterocycles. The molecule has 1 amide bonds. The molecule has 4 nitrogen and oxygen atoms in total. The highest BCUT2D eigenvalue weighted by Crippen LogP contribution is 2.30. The number of carbonyl (C=O) groups is 1. The lowest BCUT2D eigenvalue weighted by Gasteiger charge is -2.32. The maximum Gasteiger partial charge on any atom is 0.224 e. The second kappa shape index (κ2) is 7.07. The van der Waals surface area contributed by atoms with Gasteiger partial charge in [-0.3, -0.25) is 4.79 Å². The Morgan fingerprint density at radius 3 is 2.62 bits per heavy atom. The third-order valence-corrected chi connectivity index (χ3v) is 5.97. The molecular formula is C22H30N2O2. The summed E-state index contributed by atoms with van der Waals surface area (Å²) in [6.45, 7) is 8.78. The molecule has 1 aliphatic heterocycles. The quantitative estimate of drug-likeness (QED) is 0.877. The maximum atomic E-state index is 12.6. The number of aryl methyl sites for hydroxylation is 1. The summed E-state index contributed by atoms with van der Waals surface area (Å²) in [5, 5.41) is 4.32. The van der Waals surface area contributed by atoms with Gasteiger partial charge < -0.3 is 14.6 Å². The Morgan fingerprint density at radius 2 is 1.96 bits per heavy atom. The van der Waals surface area contributed by atoms with Gasteiger partial charge in [0.1, 0.15) is 5.58 Å². The van der Waals surface area contributed by atoms with Gasteiger partial charge in [0.05, 0.1) is 12.7 Å². The molecule has 0 bridgehead atoms. The van der Waals surface area contributed by atoms with Crippen LogP contribution in [0, 0.1) is 6.92 Å². The topological polar surface area (TPSA) is 45.5 Å². The Balaban J connectivity index is 1.40. The fourth-order valence-electron chi connectivity index (χ4n) is 4.30. The maximum absolute atomic E-state index is 12.6. The molecule has 2 aromatic rings. The van der Waals surface area contributed by atoms with Crippen molar-refractivity contribution in [2.24, 2.45) is 0 Å². The number of benzene rings is 1. The van der Waals surface area contributed by atoms with Crippen LogP contribution < -0.4 is 5.32 Å². The number of amides is 1. The van der Waals surface area contributed by atoms with Gasteiger partial charge in [-0.2, -0.15) is 0 Å². The zero-order valence-electron chi connectivity index (χ0n) is 16.2. The summed E-state index contributed by atoms with van der Waals surface area (Å²) in [6.07, 6.45) is 7.03. The third-order valence-electron chi connectivity index (χ3n) is 5.97. The summed E-state index contributed by atoms with van der Waals surface area (Å²) in [5.41, 5.74) is 4.45. The number of nitrogens with one attached hydrogen (secondary N) is 1. The Labute approximate surface area is 155 Å². The molecule has 1 aliphatic carbocycles. The molecule has 2 heterocycles. The van der Waals surface area contributed by atoms with Crippen molar-refractivity contribution >= 4 is 16.9 Å². The predicted octanol–water partition coefficient (Wildman–Crippen LogP) is 4.15. The Morgan fingerprint density at radius 1 is 1.23 bits per heavy atom. The van der Waals surface area contributed by atoms with Gasteiger partial charge in [-0.05, 0) is 61.8 Å². The average Bonchev–Trinajstić information content (AvgIpc) is 3.38. The van der Waals surface area contributed by atoms with Crippen LogP contribution in [0.4, 0.5) is 0 Å². The van der Waals surface area contributed by atoms with Gasteiger partial charge in [0, 0.05) is 36.1 Å².